The van der Waals surface area contributed by atoms with Gasteiger partial charge in [0.1, 0.15) is 17.7 Å². The van der Waals surface area contributed by atoms with E-state index in [1.54, 1.807) is 30.3 Å². The van der Waals surface area contributed by atoms with Crippen LogP contribution in [0.1, 0.15) is 16.7 Å². The van der Waals surface area contributed by atoms with Crippen molar-refractivity contribution < 1.29 is 0 Å². The number of benzene rings is 1. The summed E-state index contributed by atoms with van der Waals surface area (Å²) in [5, 5.41) is 25.9. The Hall–Kier alpha value is -2.57. The molecule has 1 aromatic rings. The zero-order valence-corrected chi connectivity index (χ0v) is 8.15. The quantitative estimate of drug-likeness (QED) is 0.642. The molecular formula is C12H7N3. The van der Waals surface area contributed by atoms with Crippen LogP contribution in [0.25, 0.3) is 6.08 Å². The predicted octanol–water partition coefficient (Wildman–Crippen LogP) is 2.30. The number of aryl methyl sites for hydroxylation is 1. The monoisotopic (exact) mass is 193 g/mol. The SMILES string of the molecule is Cc1ccc(C#N)cc1C=C(C#N)C#N. The lowest BCUT2D eigenvalue weighted by atomic mass is 10.0. The van der Waals surface area contributed by atoms with Gasteiger partial charge in [-0.3, -0.25) is 0 Å². The molecular weight excluding hydrogens is 186 g/mol. The van der Waals surface area contributed by atoms with E-state index in [9.17, 15) is 0 Å². The summed E-state index contributed by atoms with van der Waals surface area (Å²) in [6.45, 7) is 1.86. The van der Waals surface area contributed by atoms with Gasteiger partial charge in [-0.15, -0.1) is 0 Å². The van der Waals surface area contributed by atoms with E-state index in [4.69, 9.17) is 15.8 Å². The minimum atomic E-state index is 0.0354. The van der Waals surface area contributed by atoms with Crippen LogP contribution in [0.3, 0.4) is 0 Å². The summed E-state index contributed by atoms with van der Waals surface area (Å²) in [5.74, 6) is 0. The highest BCUT2D eigenvalue weighted by Crippen LogP contribution is 2.14. The standard InChI is InChI=1S/C12H7N3/c1-9-2-3-10(6-13)4-12(9)5-11(7-14)8-15/h2-5H,1H3. The molecule has 0 fully saturated rings. The Morgan fingerprint density at radius 1 is 1.20 bits per heavy atom. The van der Waals surface area contributed by atoms with Crippen molar-refractivity contribution in [3.05, 3.63) is 40.5 Å². The summed E-state index contributed by atoms with van der Waals surface area (Å²) in [5.41, 5.74) is 2.21. The van der Waals surface area contributed by atoms with Crippen LogP contribution in [0.2, 0.25) is 0 Å². The Kier molecular flexibility index (Phi) is 3.23. The van der Waals surface area contributed by atoms with E-state index in [1.165, 1.54) is 6.08 Å². The minimum Gasteiger partial charge on any atom is -0.192 e. The molecule has 0 N–H and O–H groups in total. The molecule has 0 saturated heterocycles. The molecule has 3 heteroatoms. The van der Waals surface area contributed by atoms with Gasteiger partial charge in [-0.05, 0) is 36.3 Å². The molecule has 1 aromatic carbocycles. The number of allylic oxidation sites excluding steroid dienone is 1. The molecule has 0 aromatic heterocycles. The second-order valence-corrected chi connectivity index (χ2v) is 2.96. The molecule has 1 rings (SSSR count). The molecule has 0 aliphatic rings. The van der Waals surface area contributed by atoms with E-state index in [-0.39, 0.29) is 5.57 Å². The van der Waals surface area contributed by atoms with Gasteiger partial charge < -0.3 is 0 Å². The number of hydrogen-bond acceptors (Lipinski definition) is 3. The maximum atomic E-state index is 8.70. The van der Waals surface area contributed by atoms with E-state index in [0.717, 1.165) is 11.1 Å². The normalized spacial score (nSPS) is 8.13. The van der Waals surface area contributed by atoms with Crippen LogP contribution in [0.15, 0.2) is 23.8 Å². The summed E-state index contributed by atoms with van der Waals surface area (Å²) in [6, 6.07) is 10.7. The van der Waals surface area contributed by atoms with Gasteiger partial charge in [0.25, 0.3) is 0 Å². The third-order valence-electron chi connectivity index (χ3n) is 1.95. The molecule has 0 aliphatic heterocycles. The lowest BCUT2D eigenvalue weighted by Gasteiger charge is -1.99. The van der Waals surface area contributed by atoms with Crippen LogP contribution < -0.4 is 0 Å². The fraction of sp³-hybridized carbons (Fsp3) is 0.0833. The van der Waals surface area contributed by atoms with Gasteiger partial charge >= 0.3 is 0 Å². The van der Waals surface area contributed by atoms with Gasteiger partial charge in [-0.25, -0.2) is 0 Å². The third kappa shape index (κ3) is 2.44. The largest absolute Gasteiger partial charge is 0.192 e. The molecule has 0 saturated carbocycles. The Bertz CT molecular complexity index is 517. The first-order chi connectivity index (χ1) is 7.21. The zero-order chi connectivity index (χ0) is 11.3. The van der Waals surface area contributed by atoms with Gasteiger partial charge in [0.2, 0.25) is 0 Å². The first-order valence-electron chi connectivity index (χ1n) is 4.24. The second kappa shape index (κ2) is 4.61. The third-order valence-corrected chi connectivity index (χ3v) is 1.95. The molecule has 70 valence electrons. The van der Waals surface area contributed by atoms with Crippen molar-refractivity contribution >= 4 is 6.08 Å². The van der Waals surface area contributed by atoms with Gasteiger partial charge in [-0.1, -0.05) is 6.07 Å². The Morgan fingerprint density at radius 2 is 1.87 bits per heavy atom. The molecule has 0 heterocycles. The van der Waals surface area contributed by atoms with Crippen LogP contribution in [0, 0.1) is 40.9 Å². The number of nitriles is 3. The van der Waals surface area contributed by atoms with E-state index in [2.05, 4.69) is 0 Å². The highest BCUT2D eigenvalue weighted by molar-refractivity contribution is 5.65. The molecule has 0 spiro atoms. The number of hydrogen-bond donors (Lipinski definition) is 0. The molecule has 0 aliphatic carbocycles. The van der Waals surface area contributed by atoms with Gasteiger partial charge in [0.15, 0.2) is 0 Å². The second-order valence-electron chi connectivity index (χ2n) is 2.96. The molecule has 0 amide bonds. The van der Waals surface area contributed by atoms with E-state index >= 15 is 0 Å². The molecule has 0 bridgehead atoms. The molecule has 3 nitrogen and oxygen atoms in total. The summed E-state index contributed by atoms with van der Waals surface area (Å²) in [4.78, 5) is 0. The lowest BCUT2D eigenvalue weighted by Crippen LogP contribution is -1.84. The van der Waals surface area contributed by atoms with Gasteiger partial charge in [-0.2, -0.15) is 15.8 Å². The Labute approximate surface area is 88.1 Å². The number of nitrogens with zero attached hydrogens (tertiary/aromatic N) is 3. The fourth-order valence-electron chi connectivity index (χ4n) is 1.11. The summed E-state index contributed by atoms with van der Waals surface area (Å²) in [7, 11) is 0. The molecule has 0 atom stereocenters. The average Bonchev–Trinajstić information content (AvgIpc) is 2.28. The number of rotatable bonds is 1. The van der Waals surface area contributed by atoms with Gasteiger partial charge in [0.05, 0.1) is 11.6 Å². The van der Waals surface area contributed by atoms with Crippen LogP contribution in [0.5, 0.6) is 0 Å². The van der Waals surface area contributed by atoms with Gasteiger partial charge in [0, 0.05) is 0 Å². The smallest absolute Gasteiger partial charge is 0.130 e. The summed E-state index contributed by atoms with van der Waals surface area (Å²) in [6.07, 6.45) is 1.48. The van der Waals surface area contributed by atoms with Crippen molar-refractivity contribution in [2.75, 3.05) is 0 Å². The van der Waals surface area contributed by atoms with Crippen molar-refractivity contribution in [2.24, 2.45) is 0 Å². The van der Waals surface area contributed by atoms with E-state index < -0.39 is 0 Å². The van der Waals surface area contributed by atoms with E-state index in [1.807, 2.05) is 13.0 Å². The lowest BCUT2D eigenvalue weighted by molar-refractivity contribution is 1.40. The Morgan fingerprint density at radius 3 is 2.40 bits per heavy atom. The van der Waals surface area contributed by atoms with Crippen molar-refractivity contribution in [3.63, 3.8) is 0 Å². The van der Waals surface area contributed by atoms with Crippen molar-refractivity contribution in [1.82, 2.24) is 0 Å². The summed E-state index contributed by atoms with van der Waals surface area (Å²) < 4.78 is 0. The molecule has 0 unspecified atom stereocenters. The maximum Gasteiger partial charge on any atom is 0.130 e. The minimum absolute atomic E-state index is 0.0354. The van der Waals surface area contributed by atoms with Crippen molar-refractivity contribution in [3.8, 4) is 18.2 Å². The van der Waals surface area contributed by atoms with Crippen molar-refractivity contribution in [1.29, 1.82) is 15.8 Å². The molecule has 0 radical (unpaired) electrons. The van der Waals surface area contributed by atoms with E-state index in [0.29, 0.717) is 5.56 Å². The Balaban J connectivity index is 3.29. The van der Waals surface area contributed by atoms with Crippen LogP contribution >= 0.6 is 0 Å². The highest BCUT2D eigenvalue weighted by atomic mass is 14.3. The fourth-order valence-corrected chi connectivity index (χ4v) is 1.11. The predicted molar refractivity (Wildman–Crippen MR) is 55.1 cm³/mol. The summed E-state index contributed by atoms with van der Waals surface area (Å²) >= 11 is 0. The first kappa shape index (κ1) is 10.5. The van der Waals surface area contributed by atoms with Crippen LogP contribution in [-0.2, 0) is 0 Å². The maximum absolute atomic E-state index is 8.70. The first-order valence-corrected chi connectivity index (χ1v) is 4.24. The van der Waals surface area contributed by atoms with Crippen molar-refractivity contribution in [2.45, 2.75) is 6.92 Å². The zero-order valence-electron chi connectivity index (χ0n) is 8.15. The average molecular weight is 193 g/mol. The van der Waals surface area contributed by atoms with Crippen LogP contribution in [0.4, 0.5) is 0 Å². The van der Waals surface area contributed by atoms with Crippen LogP contribution in [-0.4, -0.2) is 0 Å². The topological polar surface area (TPSA) is 71.4 Å². The molecule has 15 heavy (non-hydrogen) atoms. The highest BCUT2D eigenvalue weighted by Gasteiger charge is 1.99.